The molecule has 1 aliphatic rings. The third kappa shape index (κ3) is 5.45. The van der Waals surface area contributed by atoms with E-state index in [0.717, 1.165) is 5.56 Å². The number of nitrogens with zero attached hydrogens (tertiary/aromatic N) is 2. The van der Waals surface area contributed by atoms with Crippen LogP contribution < -0.4 is 0 Å². The smallest absolute Gasteiger partial charge is 0.407 e. The zero-order chi connectivity index (χ0) is 19.2. The molecule has 1 aliphatic heterocycles. The van der Waals surface area contributed by atoms with Gasteiger partial charge in [-0.2, -0.15) is 5.26 Å². The Kier molecular flexibility index (Phi) is 6.63. The topological polar surface area (TPSA) is 82.8 Å². The molecule has 6 heteroatoms. The van der Waals surface area contributed by atoms with Gasteiger partial charge in [0.15, 0.2) is 0 Å². The molecule has 1 aromatic carbocycles. The zero-order valence-corrected chi connectivity index (χ0v) is 15.8. The maximum Gasteiger partial charge on any atom is 0.407 e. The fraction of sp³-hybridized carbons (Fsp3) is 0.600. The van der Waals surface area contributed by atoms with E-state index in [-0.39, 0.29) is 19.3 Å². The average Bonchev–Trinajstić information content (AvgIpc) is 2.61. The summed E-state index contributed by atoms with van der Waals surface area (Å²) in [7, 11) is 0. The van der Waals surface area contributed by atoms with Crippen molar-refractivity contribution in [3.05, 3.63) is 35.9 Å². The minimum absolute atomic E-state index is 0.0619. The Hall–Kier alpha value is -2.10. The lowest BCUT2D eigenvalue weighted by Crippen LogP contribution is -2.53. The highest BCUT2D eigenvalue weighted by molar-refractivity contribution is 5.66. The van der Waals surface area contributed by atoms with Gasteiger partial charge in [0.05, 0.1) is 37.4 Å². The molecule has 2 atom stereocenters. The Morgan fingerprint density at radius 2 is 2.12 bits per heavy atom. The summed E-state index contributed by atoms with van der Waals surface area (Å²) < 4.78 is 11.6. The minimum Gasteiger partial charge on any atom is -0.465 e. The van der Waals surface area contributed by atoms with Gasteiger partial charge in [-0.15, -0.1) is 0 Å². The summed E-state index contributed by atoms with van der Waals surface area (Å²) in [5, 5.41) is 19.1. The van der Waals surface area contributed by atoms with Gasteiger partial charge in [0.25, 0.3) is 0 Å². The summed E-state index contributed by atoms with van der Waals surface area (Å²) in [5.41, 5.74) is -0.260. The molecule has 142 valence electrons. The third-order valence-electron chi connectivity index (χ3n) is 4.69. The molecular weight excluding hydrogens is 332 g/mol. The fourth-order valence-corrected chi connectivity index (χ4v) is 3.03. The number of hydrogen-bond acceptors (Lipinski definition) is 4. The summed E-state index contributed by atoms with van der Waals surface area (Å²) in [6, 6.07) is 12.2. The van der Waals surface area contributed by atoms with Gasteiger partial charge in [-0.3, -0.25) is 0 Å². The normalized spacial score (nSPS) is 23.2. The van der Waals surface area contributed by atoms with Crippen molar-refractivity contribution in [2.75, 3.05) is 19.8 Å². The van der Waals surface area contributed by atoms with Gasteiger partial charge in [0, 0.05) is 12.1 Å². The van der Waals surface area contributed by atoms with Crippen molar-refractivity contribution in [1.82, 2.24) is 4.90 Å². The van der Waals surface area contributed by atoms with Crippen molar-refractivity contribution < 1.29 is 19.4 Å². The van der Waals surface area contributed by atoms with Gasteiger partial charge in [0.2, 0.25) is 0 Å². The number of rotatable bonds is 6. The number of nitriles is 1. The molecule has 1 heterocycles. The van der Waals surface area contributed by atoms with Crippen molar-refractivity contribution in [1.29, 1.82) is 5.26 Å². The van der Waals surface area contributed by atoms with Crippen LogP contribution in [-0.2, 0) is 16.1 Å². The summed E-state index contributed by atoms with van der Waals surface area (Å²) in [5.74, 6) is 0. The third-order valence-corrected chi connectivity index (χ3v) is 4.69. The second kappa shape index (κ2) is 8.52. The molecule has 1 aromatic rings. The lowest BCUT2D eigenvalue weighted by Gasteiger charge is -2.42. The molecule has 0 bridgehead atoms. The van der Waals surface area contributed by atoms with Crippen LogP contribution in [0.4, 0.5) is 4.79 Å². The SMILES string of the molecule is CC(C)(C)N(C[C@]1(C#N)CC[C@@H](COCc2ccccc2)OC1)C(=O)O. The van der Waals surface area contributed by atoms with Gasteiger partial charge in [0.1, 0.15) is 0 Å². The van der Waals surface area contributed by atoms with Gasteiger partial charge < -0.3 is 19.5 Å². The Morgan fingerprint density at radius 1 is 1.42 bits per heavy atom. The Bertz CT molecular complexity index is 625. The maximum atomic E-state index is 11.6. The molecule has 0 spiro atoms. The molecule has 2 rings (SSSR count). The zero-order valence-electron chi connectivity index (χ0n) is 15.8. The van der Waals surface area contributed by atoms with Gasteiger partial charge in [-0.1, -0.05) is 30.3 Å². The second-order valence-electron chi connectivity index (χ2n) is 7.90. The van der Waals surface area contributed by atoms with Crippen LogP contribution >= 0.6 is 0 Å². The molecular formula is C20H28N2O4. The largest absolute Gasteiger partial charge is 0.465 e. The van der Waals surface area contributed by atoms with E-state index in [9.17, 15) is 15.2 Å². The first-order valence-corrected chi connectivity index (χ1v) is 8.91. The van der Waals surface area contributed by atoms with E-state index in [1.807, 2.05) is 51.1 Å². The van der Waals surface area contributed by atoms with Crippen LogP contribution in [0.5, 0.6) is 0 Å². The Labute approximate surface area is 155 Å². The minimum atomic E-state index is -1.01. The molecule has 0 aromatic heterocycles. The lowest BCUT2D eigenvalue weighted by molar-refractivity contribution is -0.0889. The molecule has 1 N–H and O–H groups in total. The van der Waals surface area contributed by atoms with E-state index >= 15 is 0 Å². The monoisotopic (exact) mass is 360 g/mol. The van der Waals surface area contributed by atoms with E-state index in [2.05, 4.69) is 6.07 Å². The standard InChI is InChI=1S/C20H28N2O4/c1-19(2,3)22(18(23)24)14-20(13-21)10-9-17(26-15-20)12-25-11-16-7-5-4-6-8-16/h4-8,17H,9-12,14-15H2,1-3H3,(H,23,24)/t17-,20+/m0/s1. The first-order chi connectivity index (χ1) is 12.3. The van der Waals surface area contributed by atoms with Crippen LogP contribution in [-0.4, -0.2) is 47.5 Å². The van der Waals surface area contributed by atoms with Gasteiger partial charge in [-0.05, 0) is 39.2 Å². The van der Waals surface area contributed by atoms with Crippen LogP contribution in [0.15, 0.2) is 30.3 Å². The number of ether oxygens (including phenoxy) is 2. The molecule has 0 aliphatic carbocycles. The number of carboxylic acid groups (broad SMARTS) is 1. The van der Waals surface area contributed by atoms with Crippen LogP contribution in [0.3, 0.4) is 0 Å². The van der Waals surface area contributed by atoms with Crippen molar-refractivity contribution in [2.24, 2.45) is 5.41 Å². The predicted octanol–water partition coefficient (Wildman–Crippen LogP) is 3.67. The van der Waals surface area contributed by atoms with Gasteiger partial charge >= 0.3 is 6.09 Å². The first kappa shape index (κ1) is 20.2. The highest BCUT2D eigenvalue weighted by atomic mass is 16.5. The number of hydrogen-bond donors (Lipinski definition) is 1. The average molecular weight is 360 g/mol. The number of benzene rings is 1. The lowest BCUT2D eigenvalue weighted by atomic mass is 9.81. The van der Waals surface area contributed by atoms with Crippen LogP contribution in [0.2, 0.25) is 0 Å². The van der Waals surface area contributed by atoms with E-state index in [1.54, 1.807) is 0 Å². The summed E-state index contributed by atoms with van der Waals surface area (Å²) in [6.07, 6.45) is 0.205. The highest BCUT2D eigenvalue weighted by Crippen LogP contribution is 2.33. The van der Waals surface area contributed by atoms with Crippen LogP contribution in [0.25, 0.3) is 0 Å². The Balaban J connectivity index is 1.86. The quantitative estimate of drug-likeness (QED) is 0.837. The van der Waals surface area contributed by atoms with Crippen LogP contribution in [0, 0.1) is 16.7 Å². The molecule has 1 saturated heterocycles. The molecule has 0 unspecified atom stereocenters. The molecule has 0 radical (unpaired) electrons. The van der Waals surface area contributed by atoms with Gasteiger partial charge in [-0.25, -0.2) is 4.79 Å². The molecule has 1 amide bonds. The van der Waals surface area contributed by atoms with Crippen LogP contribution in [0.1, 0.15) is 39.2 Å². The highest BCUT2D eigenvalue weighted by Gasteiger charge is 2.41. The molecule has 0 saturated carbocycles. The summed E-state index contributed by atoms with van der Waals surface area (Å²) in [4.78, 5) is 12.9. The van der Waals surface area contributed by atoms with Crippen molar-refractivity contribution in [3.63, 3.8) is 0 Å². The maximum absolute atomic E-state index is 11.6. The Morgan fingerprint density at radius 3 is 2.62 bits per heavy atom. The van der Waals surface area contributed by atoms with E-state index in [0.29, 0.717) is 26.1 Å². The first-order valence-electron chi connectivity index (χ1n) is 8.91. The fourth-order valence-electron chi connectivity index (χ4n) is 3.03. The van der Waals surface area contributed by atoms with Crippen molar-refractivity contribution in [2.45, 2.75) is 51.9 Å². The van der Waals surface area contributed by atoms with E-state index < -0.39 is 17.0 Å². The van der Waals surface area contributed by atoms with E-state index in [4.69, 9.17) is 9.47 Å². The summed E-state index contributed by atoms with van der Waals surface area (Å²) >= 11 is 0. The second-order valence-corrected chi connectivity index (χ2v) is 7.90. The molecule has 6 nitrogen and oxygen atoms in total. The van der Waals surface area contributed by atoms with Crippen molar-refractivity contribution in [3.8, 4) is 6.07 Å². The molecule has 26 heavy (non-hydrogen) atoms. The number of amides is 1. The predicted molar refractivity (Wildman–Crippen MR) is 97.6 cm³/mol. The molecule has 1 fully saturated rings. The number of carbonyl (C=O) groups is 1. The summed E-state index contributed by atoms with van der Waals surface area (Å²) in [6.45, 7) is 6.87. The van der Waals surface area contributed by atoms with Crippen molar-refractivity contribution >= 4 is 6.09 Å². The van der Waals surface area contributed by atoms with E-state index in [1.165, 1.54) is 4.90 Å².